The Bertz CT molecular complexity index is 1690. The summed E-state index contributed by atoms with van der Waals surface area (Å²) in [5, 5.41) is 24.4. The molecule has 4 rings (SSSR count). The van der Waals surface area contributed by atoms with E-state index >= 15 is 4.39 Å². The van der Waals surface area contributed by atoms with Gasteiger partial charge in [-0.1, -0.05) is 11.6 Å². The molecule has 0 radical (unpaired) electrons. The molecule has 4 aromatic rings. The summed E-state index contributed by atoms with van der Waals surface area (Å²) >= 11 is 6.20. The molecule has 0 saturated heterocycles. The summed E-state index contributed by atoms with van der Waals surface area (Å²) in [6, 6.07) is 2.67. The Morgan fingerprint density at radius 3 is 2.45 bits per heavy atom. The molecule has 42 heavy (non-hydrogen) atoms. The van der Waals surface area contributed by atoms with Crippen molar-refractivity contribution in [2.24, 2.45) is 0 Å². The van der Waals surface area contributed by atoms with Gasteiger partial charge in [0.1, 0.15) is 39.8 Å². The molecule has 224 valence electrons. The number of imidazole rings is 1. The van der Waals surface area contributed by atoms with Crippen LogP contribution in [0.5, 0.6) is 5.75 Å². The molecular formula is C27H27ClF4N6O4. The highest BCUT2D eigenvalue weighted by molar-refractivity contribution is 6.31. The number of nitrogen functional groups attached to an aromatic ring is 1. The molecular weight excluding hydrogens is 584 g/mol. The van der Waals surface area contributed by atoms with Crippen LogP contribution in [0.3, 0.4) is 0 Å². The van der Waals surface area contributed by atoms with Crippen LogP contribution in [0.4, 0.5) is 23.4 Å². The number of aliphatic hydroxyl groups is 2. The number of ether oxygens (including phenoxy) is 1. The summed E-state index contributed by atoms with van der Waals surface area (Å²) in [6.07, 6.45) is -1.81. The fourth-order valence-corrected chi connectivity index (χ4v) is 4.68. The molecule has 10 nitrogen and oxygen atoms in total. The zero-order valence-electron chi connectivity index (χ0n) is 23.0. The number of halogens is 5. The van der Waals surface area contributed by atoms with Crippen LogP contribution in [-0.4, -0.2) is 41.6 Å². The van der Waals surface area contributed by atoms with Gasteiger partial charge >= 0.3 is 6.18 Å². The number of nitrogens with two attached hydrogens (primary N) is 1. The minimum Gasteiger partial charge on any atom is -0.490 e. The Morgan fingerprint density at radius 2 is 1.83 bits per heavy atom. The second-order valence-electron chi connectivity index (χ2n) is 10.2. The normalized spacial score (nSPS) is 15.0. The number of aryl methyl sites for hydroxylation is 1. The van der Waals surface area contributed by atoms with Crippen molar-refractivity contribution < 1.29 is 37.3 Å². The summed E-state index contributed by atoms with van der Waals surface area (Å²) in [4.78, 5) is 25.3. The van der Waals surface area contributed by atoms with E-state index in [4.69, 9.17) is 22.1 Å². The summed E-state index contributed by atoms with van der Waals surface area (Å²) < 4.78 is 62.6. The minimum atomic E-state index is -4.83. The second kappa shape index (κ2) is 10.7. The van der Waals surface area contributed by atoms with Gasteiger partial charge in [0.05, 0.1) is 16.8 Å². The molecule has 15 heteroatoms. The summed E-state index contributed by atoms with van der Waals surface area (Å²) in [5.41, 5.74) is -0.382. The van der Waals surface area contributed by atoms with E-state index in [0.29, 0.717) is 17.3 Å². The van der Waals surface area contributed by atoms with E-state index in [2.05, 4.69) is 20.3 Å². The number of aromatic nitrogens is 4. The highest BCUT2D eigenvalue weighted by atomic mass is 35.5. The molecule has 2 atom stereocenters. The predicted octanol–water partition coefficient (Wildman–Crippen LogP) is 4.46. The first-order chi connectivity index (χ1) is 19.4. The van der Waals surface area contributed by atoms with Crippen molar-refractivity contribution in [3.63, 3.8) is 0 Å². The monoisotopic (exact) mass is 610 g/mol. The lowest BCUT2D eigenvalue weighted by atomic mass is 9.91. The lowest BCUT2D eigenvalue weighted by Crippen LogP contribution is -2.44. The quantitative estimate of drug-likeness (QED) is 0.177. The number of carbonyl (C=O) groups excluding carboxylic acids is 1. The first-order valence-corrected chi connectivity index (χ1v) is 12.8. The molecule has 0 aliphatic carbocycles. The fourth-order valence-electron chi connectivity index (χ4n) is 4.48. The van der Waals surface area contributed by atoms with Crippen molar-refractivity contribution in [2.75, 3.05) is 5.73 Å². The van der Waals surface area contributed by atoms with Gasteiger partial charge in [-0.25, -0.2) is 14.4 Å². The highest BCUT2D eigenvalue weighted by Crippen LogP contribution is 2.42. The lowest BCUT2D eigenvalue weighted by molar-refractivity contribution is -0.141. The van der Waals surface area contributed by atoms with E-state index in [9.17, 15) is 28.2 Å². The number of alkyl halides is 3. The van der Waals surface area contributed by atoms with Crippen LogP contribution in [-0.2, 0) is 17.5 Å². The lowest BCUT2D eigenvalue weighted by Gasteiger charge is -2.30. The van der Waals surface area contributed by atoms with E-state index in [1.165, 1.54) is 23.7 Å². The standard InChI is InChI=1S/C27H27ClF4N6O4/c1-12(2)42-21-15(25(4,40)24-36-13(3)20-22(33)35-8-9-38(20)24)11-16(28)19(29)18(21)23(39)37-26(5,41)14-6-7-34-17(10-14)27(30,31)32/h6-12,40-41H,1-5H3,(H2,33,35)(H,37,39)/t25-,26-/m0/s1. The zero-order valence-corrected chi connectivity index (χ0v) is 23.8. The van der Waals surface area contributed by atoms with Gasteiger partial charge in [0.2, 0.25) is 0 Å². The first-order valence-electron chi connectivity index (χ1n) is 12.5. The van der Waals surface area contributed by atoms with Gasteiger partial charge in [-0.3, -0.25) is 14.2 Å². The number of nitrogens with zero attached hydrogens (tertiary/aromatic N) is 4. The number of fused-ring (bicyclic) bond motifs is 1. The van der Waals surface area contributed by atoms with Gasteiger partial charge in [-0.2, -0.15) is 13.2 Å². The Balaban J connectivity index is 1.89. The molecule has 0 bridgehead atoms. The number of hydrogen-bond acceptors (Lipinski definition) is 8. The van der Waals surface area contributed by atoms with Crippen molar-refractivity contribution >= 4 is 28.8 Å². The van der Waals surface area contributed by atoms with Gasteiger partial charge in [-0.15, -0.1) is 0 Å². The third kappa shape index (κ3) is 5.56. The van der Waals surface area contributed by atoms with E-state index < -0.39 is 57.4 Å². The van der Waals surface area contributed by atoms with Crippen molar-refractivity contribution in [3.8, 4) is 5.75 Å². The minimum absolute atomic E-state index is 0.00945. The van der Waals surface area contributed by atoms with Gasteiger partial charge < -0.3 is 26.0 Å². The molecule has 0 spiro atoms. The number of carbonyl (C=O) groups is 1. The van der Waals surface area contributed by atoms with Crippen molar-refractivity contribution in [1.29, 1.82) is 0 Å². The van der Waals surface area contributed by atoms with Crippen LogP contribution < -0.4 is 15.8 Å². The van der Waals surface area contributed by atoms with Gasteiger partial charge in [0, 0.05) is 29.7 Å². The van der Waals surface area contributed by atoms with Crippen LogP contribution >= 0.6 is 11.6 Å². The number of amides is 1. The maximum absolute atomic E-state index is 15.6. The molecule has 0 aliphatic heterocycles. The number of hydrogen-bond donors (Lipinski definition) is 4. The van der Waals surface area contributed by atoms with Crippen molar-refractivity contribution in [3.05, 3.63) is 81.5 Å². The number of nitrogens with one attached hydrogen (secondary N) is 1. The molecule has 3 aromatic heterocycles. The Morgan fingerprint density at radius 1 is 1.17 bits per heavy atom. The smallest absolute Gasteiger partial charge is 0.433 e. The number of anilines is 1. The molecule has 0 fully saturated rings. The second-order valence-corrected chi connectivity index (χ2v) is 10.6. The third-order valence-electron chi connectivity index (χ3n) is 6.44. The van der Waals surface area contributed by atoms with Gasteiger partial charge in [0.15, 0.2) is 11.5 Å². The van der Waals surface area contributed by atoms with Crippen LogP contribution in [0, 0.1) is 12.7 Å². The highest BCUT2D eigenvalue weighted by Gasteiger charge is 2.40. The van der Waals surface area contributed by atoms with Crippen LogP contribution in [0.25, 0.3) is 5.52 Å². The Labute approximate surface area is 242 Å². The van der Waals surface area contributed by atoms with E-state index in [1.54, 1.807) is 20.8 Å². The van der Waals surface area contributed by atoms with Crippen LogP contribution in [0.2, 0.25) is 5.02 Å². The summed E-state index contributed by atoms with van der Waals surface area (Å²) in [5.74, 6) is -2.85. The largest absolute Gasteiger partial charge is 0.490 e. The number of benzene rings is 1. The molecule has 0 aliphatic rings. The molecule has 0 unspecified atom stereocenters. The molecule has 1 amide bonds. The zero-order chi connectivity index (χ0) is 31.4. The molecule has 3 heterocycles. The predicted molar refractivity (Wildman–Crippen MR) is 144 cm³/mol. The van der Waals surface area contributed by atoms with Crippen LogP contribution in [0.1, 0.15) is 66.4 Å². The van der Waals surface area contributed by atoms with Crippen molar-refractivity contribution in [2.45, 2.75) is 58.2 Å². The Kier molecular flexibility index (Phi) is 7.86. The van der Waals surface area contributed by atoms with Gasteiger partial charge in [0.25, 0.3) is 5.91 Å². The van der Waals surface area contributed by atoms with E-state index in [0.717, 1.165) is 25.3 Å². The topological polar surface area (TPSA) is 148 Å². The maximum atomic E-state index is 15.6. The fraction of sp³-hybridized carbons (Fsp3) is 0.333. The van der Waals surface area contributed by atoms with Gasteiger partial charge in [-0.05, 0) is 52.8 Å². The number of rotatable bonds is 7. The maximum Gasteiger partial charge on any atom is 0.433 e. The SMILES string of the molecule is Cc1nc([C@@](C)(O)c2cc(Cl)c(F)c(C(=O)N[C@@](C)(O)c3ccnc(C(F)(F)F)c3)c2OC(C)C)n2ccnc(N)c12. The molecule has 0 saturated carbocycles. The number of pyridine rings is 1. The van der Waals surface area contributed by atoms with E-state index in [-0.39, 0.29) is 22.8 Å². The average molecular weight is 611 g/mol. The summed E-state index contributed by atoms with van der Waals surface area (Å²) in [6.45, 7) is 7.13. The molecule has 5 N–H and O–H groups in total. The first kappa shape index (κ1) is 30.9. The van der Waals surface area contributed by atoms with Crippen molar-refractivity contribution in [1.82, 2.24) is 24.7 Å². The average Bonchev–Trinajstić information content (AvgIpc) is 3.23. The van der Waals surface area contributed by atoms with E-state index in [1.807, 2.05) is 0 Å². The Hall–Kier alpha value is -4.01. The summed E-state index contributed by atoms with van der Waals surface area (Å²) in [7, 11) is 0. The molecule has 1 aromatic carbocycles. The third-order valence-corrected chi connectivity index (χ3v) is 6.71. The van der Waals surface area contributed by atoms with Crippen LogP contribution in [0.15, 0.2) is 36.8 Å².